The van der Waals surface area contributed by atoms with Crippen molar-refractivity contribution in [1.82, 2.24) is 5.32 Å². The van der Waals surface area contributed by atoms with Gasteiger partial charge in [0.15, 0.2) is 0 Å². The van der Waals surface area contributed by atoms with Gasteiger partial charge in [-0.05, 0) is 25.0 Å². The maximum absolute atomic E-state index is 12.3. The summed E-state index contributed by atoms with van der Waals surface area (Å²) in [6, 6.07) is 7.17. The number of rotatable bonds is 4. The summed E-state index contributed by atoms with van der Waals surface area (Å²) in [5.41, 5.74) is 1.18. The summed E-state index contributed by atoms with van der Waals surface area (Å²) < 4.78 is 5.63. The summed E-state index contributed by atoms with van der Waals surface area (Å²) in [6.07, 6.45) is 2.21. The fraction of sp³-hybridized carbons (Fsp3) is 0.471. The van der Waals surface area contributed by atoms with Crippen LogP contribution in [0.15, 0.2) is 24.3 Å². The lowest BCUT2D eigenvalue weighted by Crippen LogP contribution is -2.33. The van der Waals surface area contributed by atoms with Crippen LogP contribution in [0.3, 0.4) is 0 Å². The number of aliphatic hydroxyl groups is 1. The van der Waals surface area contributed by atoms with Crippen LogP contribution >= 0.6 is 0 Å². The Morgan fingerprint density at radius 2 is 2.29 bits per heavy atom. The first kappa shape index (κ1) is 15.6. The van der Waals surface area contributed by atoms with Crippen LogP contribution in [0.2, 0.25) is 0 Å². The maximum atomic E-state index is 12.3. The molecular formula is C17H21NO3. The largest absolute Gasteiger partial charge is 0.384 e. The molecule has 0 aliphatic carbocycles. The Bertz CT molecular complexity index is 544. The molecule has 1 aliphatic rings. The molecule has 2 unspecified atom stereocenters. The van der Waals surface area contributed by atoms with Crippen molar-refractivity contribution < 1.29 is 14.6 Å². The first-order valence-corrected chi connectivity index (χ1v) is 7.34. The number of carbonyl (C=O) groups excluding carboxylic acids is 1. The van der Waals surface area contributed by atoms with Crippen molar-refractivity contribution in [3.63, 3.8) is 0 Å². The lowest BCUT2D eigenvalue weighted by Gasteiger charge is -2.17. The predicted octanol–water partition coefficient (Wildman–Crippen LogP) is 1.58. The third-order valence-electron chi connectivity index (χ3n) is 3.75. The SMILES string of the molecule is CCC1OCCC1CNC(=O)c1ccccc1C#CCO. The Morgan fingerprint density at radius 3 is 3.05 bits per heavy atom. The second-order valence-electron chi connectivity index (χ2n) is 5.08. The van der Waals surface area contributed by atoms with Crippen LogP contribution in [0.25, 0.3) is 0 Å². The van der Waals surface area contributed by atoms with Crippen molar-refractivity contribution in [3.05, 3.63) is 35.4 Å². The topological polar surface area (TPSA) is 58.6 Å². The molecule has 2 atom stereocenters. The molecule has 1 aliphatic heterocycles. The van der Waals surface area contributed by atoms with Crippen LogP contribution in [0.5, 0.6) is 0 Å². The fourth-order valence-electron chi connectivity index (χ4n) is 2.62. The van der Waals surface area contributed by atoms with Crippen molar-refractivity contribution in [2.45, 2.75) is 25.9 Å². The van der Waals surface area contributed by atoms with Crippen molar-refractivity contribution in [2.75, 3.05) is 19.8 Å². The highest BCUT2D eigenvalue weighted by Gasteiger charge is 2.27. The van der Waals surface area contributed by atoms with Crippen molar-refractivity contribution >= 4 is 5.91 Å². The number of benzene rings is 1. The zero-order chi connectivity index (χ0) is 15.1. The maximum Gasteiger partial charge on any atom is 0.252 e. The average molecular weight is 287 g/mol. The van der Waals surface area contributed by atoms with Gasteiger partial charge in [0.05, 0.1) is 11.7 Å². The van der Waals surface area contributed by atoms with Crippen LogP contribution in [-0.2, 0) is 4.74 Å². The second kappa shape index (κ2) is 7.82. The lowest BCUT2D eigenvalue weighted by molar-refractivity contribution is 0.0827. The van der Waals surface area contributed by atoms with E-state index in [2.05, 4.69) is 24.1 Å². The molecule has 0 bridgehead atoms. The molecule has 1 aromatic carbocycles. The van der Waals surface area contributed by atoms with E-state index in [1.54, 1.807) is 12.1 Å². The van der Waals surface area contributed by atoms with Gasteiger partial charge in [-0.1, -0.05) is 30.9 Å². The van der Waals surface area contributed by atoms with Crippen LogP contribution in [-0.4, -0.2) is 36.9 Å². The summed E-state index contributed by atoms with van der Waals surface area (Å²) in [4.78, 5) is 12.3. The zero-order valence-corrected chi connectivity index (χ0v) is 12.3. The van der Waals surface area contributed by atoms with E-state index in [0.717, 1.165) is 19.4 Å². The summed E-state index contributed by atoms with van der Waals surface area (Å²) in [5.74, 6) is 5.64. The molecule has 1 heterocycles. The number of amides is 1. The van der Waals surface area contributed by atoms with E-state index in [9.17, 15) is 4.79 Å². The van der Waals surface area contributed by atoms with Gasteiger partial charge in [0.25, 0.3) is 5.91 Å². The summed E-state index contributed by atoms with van der Waals surface area (Å²) in [7, 11) is 0. The average Bonchev–Trinajstić information content (AvgIpc) is 2.98. The zero-order valence-electron chi connectivity index (χ0n) is 12.3. The molecule has 1 saturated heterocycles. The molecule has 1 aromatic rings. The van der Waals surface area contributed by atoms with Crippen molar-refractivity contribution in [2.24, 2.45) is 5.92 Å². The van der Waals surface area contributed by atoms with E-state index in [1.807, 2.05) is 12.1 Å². The number of hydrogen-bond acceptors (Lipinski definition) is 3. The van der Waals surface area contributed by atoms with Gasteiger partial charge in [0, 0.05) is 24.6 Å². The number of nitrogens with one attached hydrogen (secondary N) is 1. The summed E-state index contributed by atoms with van der Waals surface area (Å²) in [6.45, 7) is 3.29. The number of carbonyl (C=O) groups is 1. The van der Waals surface area contributed by atoms with Gasteiger partial charge in [-0.2, -0.15) is 0 Å². The van der Waals surface area contributed by atoms with Crippen molar-refractivity contribution in [3.8, 4) is 11.8 Å². The van der Waals surface area contributed by atoms with E-state index in [1.165, 1.54) is 0 Å². The Labute approximate surface area is 125 Å². The minimum Gasteiger partial charge on any atom is -0.384 e. The third-order valence-corrected chi connectivity index (χ3v) is 3.75. The van der Waals surface area contributed by atoms with Crippen LogP contribution in [0, 0.1) is 17.8 Å². The molecule has 21 heavy (non-hydrogen) atoms. The second-order valence-corrected chi connectivity index (χ2v) is 5.08. The third kappa shape index (κ3) is 4.07. The smallest absolute Gasteiger partial charge is 0.252 e. The molecule has 0 saturated carbocycles. The first-order valence-electron chi connectivity index (χ1n) is 7.34. The molecule has 0 spiro atoms. The van der Waals surface area contributed by atoms with Gasteiger partial charge in [-0.25, -0.2) is 0 Å². The Hall–Kier alpha value is -1.83. The van der Waals surface area contributed by atoms with Crippen LogP contribution < -0.4 is 5.32 Å². The Kier molecular flexibility index (Phi) is 5.79. The van der Waals surface area contributed by atoms with E-state index >= 15 is 0 Å². The summed E-state index contributed by atoms with van der Waals surface area (Å²) in [5, 5.41) is 11.7. The quantitative estimate of drug-likeness (QED) is 0.827. The standard InChI is InChI=1S/C17H21NO3/c1-2-16-14(9-11-21-16)12-18-17(20)15-8-4-3-6-13(15)7-5-10-19/h3-4,6,8,14,16,19H,2,9-12H2,1H3,(H,18,20). The molecule has 4 heteroatoms. The predicted molar refractivity (Wildman–Crippen MR) is 80.9 cm³/mol. The van der Waals surface area contributed by atoms with E-state index < -0.39 is 0 Å². The Morgan fingerprint density at radius 1 is 1.48 bits per heavy atom. The van der Waals surface area contributed by atoms with Gasteiger partial charge in [-0.3, -0.25) is 4.79 Å². The van der Waals surface area contributed by atoms with Gasteiger partial charge in [0.2, 0.25) is 0 Å². The first-order chi connectivity index (χ1) is 10.3. The normalized spacial score (nSPS) is 20.7. The van der Waals surface area contributed by atoms with Gasteiger partial charge < -0.3 is 15.2 Å². The van der Waals surface area contributed by atoms with Crippen LogP contribution in [0.4, 0.5) is 0 Å². The highest BCUT2D eigenvalue weighted by Crippen LogP contribution is 2.22. The number of hydrogen-bond donors (Lipinski definition) is 2. The molecule has 1 fully saturated rings. The number of ether oxygens (including phenoxy) is 1. The molecule has 1 amide bonds. The van der Waals surface area contributed by atoms with Gasteiger partial charge in [0.1, 0.15) is 6.61 Å². The molecule has 2 rings (SSSR count). The molecule has 2 N–H and O–H groups in total. The molecule has 0 aromatic heterocycles. The minimum absolute atomic E-state index is 0.125. The number of aliphatic hydroxyl groups excluding tert-OH is 1. The minimum atomic E-state index is -0.215. The molecule has 112 valence electrons. The Balaban J connectivity index is 2.00. The molecule has 0 radical (unpaired) electrons. The van der Waals surface area contributed by atoms with Gasteiger partial charge >= 0.3 is 0 Å². The van der Waals surface area contributed by atoms with E-state index in [-0.39, 0.29) is 18.6 Å². The lowest BCUT2D eigenvalue weighted by atomic mass is 9.99. The van der Waals surface area contributed by atoms with E-state index in [0.29, 0.717) is 23.6 Å². The van der Waals surface area contributed by atoms with Crippen molar-refractivity contribution in [1.29, 1.82) is 0 Å². The van der Waals surface area contributed by atoms with Crippen LogP contribution in [0.1, 0.15) is 35.7 Å². The monoisotopic (exact) mass is 287 g/mol. The molecule has 4 nitrogen and oxygen atoms in total. The molecular weight excluding hydrogens is 266 g/mol. The van der Waals surface area contributed by atoms with E-state index in [4.69, 9.17) is 9.84 Å². The van der Waals surface area contributed by atoms with Gasteiger partial charge in [-0.15, -0.1) is 0 Å². The highest BCUT2D eigenvalue weighted by molar-refractivity contribution is 5.96. The summed E-state index contributed by atoms with van der Waals surface area (Å²) >= 11 is 0. The fourth-order valence-corrected chi connectivity index (χ4v) is 2.62. The highest BCUT2D eigenvalue weighted by atomic mass is 16.5.